The molecule has 1 atom stereocenters. The Kier molecular flexibility index (Phi) is 4.83. The molecule has 1 N–H and O–H groups in total. The molecule has 1 aliphatic carbocycles. The zero-order valence-corrected chi connectivity index (χ0v) is 10.8. The molecular weight excluding hydrogens is 202 g/mol. The van der Waals surface area contributed by atoms with Crippen LogP contribution in [-0.2, 0) is 0 Å². The van der Waals surface area contributed by atoms with E-state index in [-0.39, 0.29) is 0 Å². The van der Waals surface area contributed by atoms with Crippen LogP contribution >= 0.6 is 11.8 Å². The van der Waals surface area contributed by atoms with Gasteiger partial charge in [-0.05, 0) is 61.6 Å². The maximum atomic E-state index is 3.70. The molecule has 1 saturated carbocycles. The van der Waals surface area contributed by atoms with Crippen LogP contribution in [0, 0.1) is 17.8 Å². The van der Waals surface area contributed by atoms with Crippen molar-refractivity contribution in [3.8, 4) is 0 Å². The molecule has 0 spiro atoms. The molecule has 1 nitrogen and oxygen atoms in total. The summed E-state index contributed by atoms with van der Waals surface area (Å²) in [7, 11) is 0. The average molecular weight is 227 g/mol. The van der Waals surface area contributed by atoms with Crippen molar-refractivity contribution in [2.24, 2.45) is 17.8 Å². The minimum Gasteiger partial charge on any atom is -0.316 e. The van der Waals surface area contributed by atoms with Gasteiger partial charge in [-0.15, -0.1) is 0 Å². The van der Waals surface area contributed by atoms with E-state index in [1.54, 1.807) is 0 Å². The second-order valence-electron chi connectivity index (χ2n) is 5.51. The molecule has 1 aliphatic heterocycles. The molecule has 0 aromatic heterocycles. The zero-order chi connectivity index (χ0) is 10.5. The fourth-order valence-corrected chi connectivity index (χ4v) is 4.05. The van der Waals surface area contributed by atoms with Crippen LogP contribution in [0.1, 0.15) is 39.0 Å². The van der Waals surface area contributed by atoms with Crippen molar-refractivity contribution in [1.29, 1.82) is 0 Å². The first-order valence-electron chi connectivity index (χ1n) is 6.63. The van der Waals surface area contributed by atoms with Crippen molar-refractivity contribution in [3.63, 3.8) is 0 Å². The van der Waals surface area contributed by atoms with Crippen molar-refractivity contribution in [2.75, 3.05) is 24.6 Å². The van der Waals surface area contributed by atoms with Gasteiger partial charge in [-0.25, -0.2) is 0 Å². The summed E-state index contributed by atoms with van der Waals surface area (Å²) < 4.78 is 0. The first-order valence-corrected chi connectivity index (χ1v) is 7.78. The van der Waals surface area contributed by atoms with E-state index in [2.05, 4.69) is 24.0 Å². The first-order chi connectivity index (χ1) is 7.34. The lowest BCUT2D eigenvalue weighted by Gasteiger charge is -2.26. The molecule has 2 fully saturated rings. The SMILES string of the molecule is CC1CCC(CNCC2CCSC2)CC1. The summed E-state index contributed by atoms with van der Waals surface area (Å²) in [6.07, 6.45) is 7.30. The zero-order valence-electron chi connectivity index (χ0n) is 10.0. The van der Waals surface area contributed by atoms with Crippen LogP contribution in [-0.4, -0.2) is 24.6 Å². The van der Waals surface area contributed by atoms with Gasteiger partial charge < -0.3 is 5.32 Å². The van der Waals surface area contributed by atoms with Gasteiger partial charge in [0.25, 0.3) is 0 Å². The van der Waals surface area contributed by atoms with E-state index in [1.807, 2.05) is 0 Å². The molecule has 1 saturated heterocycles. The number of hydrogen-bond donors (Lipinski definition) is 1. The van der Waals surface area contributed by atoms with Crippen LogP contribution in [0.25, 0.3) is 0 Å². The van der Waals surface area contributed by atoms with Crippen molar-refractivity contribution in [3.05, 3.63) is 0 Å². The highest BCUT2D eigenvalue weighted by molar-refractivity contribution is 7.99. The Morgan fingerprint density at radius 1 is 1.00 bits per heavy atom. The van der Waals surface area contributed by atoms with Gasteiger partial charge in [0, 0.05) is 0 Å². The molecule has 0 amide bonds. The summed E-state index contributed by atoms with van der Waals surface area (Å²) in [4.78, 5) is 0. The summed E-state index contributed by atoms with van der Waals surface area (Å²) in [5, 5.41) is 3.70. The summed E-state index contributed by atoms with van der Waals surface area (Å²) >= 11 is 2.13. The summed E-state index contributed by atoms with van der Waals surface area (Å²) in [6, 6.07) is 0. The van der Waals surface area contributed by atoms with E-state index in [1.165, 1.54) is 56.7 Å². The van der Waals surface area contributed by atoms with Gasteiger partial charge >= 0.3 is 0 Å². The Hall–Kier alpha value is 0.310. The molecule has 0 aromatic carbocycles. The van der Waals surface area contributed by atoms with E-state index < -0.39 is 0 Å². The normalized spacial score (nSPS) is 37.0. The minimum atomic E-state index is 0.970. The maximum Gasteiger partial charge on any atom is -0.00122 e. The summed E-state index contributed by atoms with van der Waals surface area (Å²) in [5.41, 5.74) is 0. The summed E-state index contributed by atoms with van der Waals surface area (Å²) in [5.74, 6) is 5.74. The van der Waals surface area contributed by atoms with E-state index in [0.717, 1.165) is 17.8 Å². The topological polar surface area (TPSA) is 12.0 Å². The second-order valence-corrected chi connectivity index (χ2v) is 6.66. The smallest absolute Gasteiger partial charge is 0.00122 e. The highest BCUT2D eigenvalue weighted by Gasteiger charge is 2.19. The van der Waals surface area contributed by atoms with Crippen LogP contribution in [0.3, 0.4) is 0 Å². The molecule has 15 heavy (non-hydrogen) atoms. The molecule has 1 unspecified atom stereocenters. The van der Waals surface area contributed by atoms with Crippen LogP contribution in [0.5, 0.6) is 0 Å². The third-order valence-electron chi connectivity index (χ3n) is 4.03. The van der Waals surface area contributed by atoms with Crippen LogP contribution in [0.2, 0.25) is 0 Å². The number of hydrogen-bond acceptors (Lipinski definition) is 2. The van der Waals surface area contributed by atoms with Crippen molar-refractivity contribution in [1.82, 2.24) is 5.32 Å². The molecule has 2 heteroatoms. The van der Waals surface area contributed by atoms with Crippen molar-refractivity contribution < 1.29 is 0 Å². The largest absolute Gasteiger partial charge is 0.316 e. The predicted molar refractivity (Wildman–Crippen MR) is 69.4 cm³/mol. The van der Waals surface area contributed by atoms with Crippen LogP contribution in [0.15, 0.2) is 0 Å². The molecule has 2 aliphatic rings. The average Bonchev–Trinajstić information content (AvgIpc) is 2.74. The van der Waals surface area contributed by atoms with E-state index in [0.29, 0.717) is 0 Å². The summed E-state index contributed by atoms with van der Waals surface area (Å²) in [6.45, 7) is 4.96. The van der Waals surface area contributed by atoms with Gasteiger partial charge in [0.05, 0.1) is 0 Å². The molecular formula is C13H25NS. The quantitative estimate of drug-likeness (QED) is 0.792. The van der Waals surface area contributed by atoms with Gasteiger partial charge in [0.1, 0.15) is 0 Å². The highest BCUT2D eigenvalue weighted by Crippen LogP contribution is 2.28. The molecule has 88 valence electrons. The van der Waals surface area contributed by atoms with E-state index in [4.69, 9.17) is 0 Å². The molecule has 1 heterocycles. The molecule has 0 radical (unpaired) electrons. The van der Waals surface area contributed by atoms with Gasteiger partial charge in [-0.2, -0.15) is 11.8 Å². The maximum absolute atomic E-state index is 3.70. The fraction of sp³-hybridized carbons (Fsp3) is 1.00. The number of nitrogens with one attached hydrogen (secondary N) is 1. The second kappa shape index (κ2) is 6.15. The molecule has 0 bridgehead atoms. The van der Waals surface area contributed by atoms with E-state index in [9.17, 15) is 0 Å². The highest BCUT2D eigenvalue weighted by atomic mass is 32.2. The van der Waals surface area contributed by atoms with E-state index >= 15 is 0 Å². The van der Waals surface area contributed by atoms with Gasteiger partial charge in [-0.1, -0.05) is 19.8 Å². The predicted octanol–water partition coefficient (Wildman–Crippen LogP) is 3.16. The lowest BCUT2D eigenvalue weighted by Crippen LogP contribution is -2.30. The van der Waals surface area contributed by atoms with Gasteiger partial charge in [-0.3, -0.25) is 0 Å². The van der Waals surface area contributed by atoms with Crippen molar-refractivity contribution in [2.45, 2.75) is 39.0 Å². The fourth-order valence-electron chi connectivity index (χ4n) is 2.77. The Labute approximate surface area is 98.8 Å². The molecule has 2 rings (SSSR count). The van der Waals surface area contributed by atoms with Gasteiger partial charge in [0.2, 0.25) is 0 Å². The standard InChI is InChI=1S/C13H25NS/c1-11-2-4-12(5-3-11)8-14-9-13-6-7-15-10-13/h11-14H,2-10H2,1H3. The Morgan fingerprint density at radius 2 is 1.73 bits per heavy atom. The van der Waals surface area contributed by atoms with Crippen LogP contribution in [0.4, 0.5) is 0 Å². The number of rotatable bonds is 4. The Bertz CT molecular complexity index is 169. The van der Waals surface area contributed by atoms with Crippen LogP contribution < -0.4 is 5.32 Å². The third kappa shape index (κ3) is 3.99. The Balaban J connectivity index is 1.53. The Morgan fingerprint density at radius 3 is 2.40 bits per heavy atom. The number of thioether (sulfide) groups is 1. The van der Waals surface area contributed by atoms with Gasteiger partial charge in [0.15, 0.2) is 0 Å². The van der Waals surface area contributed by atoms with Crippen molar-refractivity contribution >= 4 is 11.8 Å². The third-order valence-corrected chi connectivity index (χ3v) is 5.26. The monoisotopic (exact) mass is 227 g/mol. The lowest BCUT2D eigenvalue weighted by molar-refractivity contribution is 0.279. The lowest BCUT2D eigenvalue weighted by atomic mass is 9.83. The molecule has 0 aromatic rings. The minimum absolute atomic E-state index is 0.970. The first kappa shape index (κ1) is 11.8.